The Kier molecular flexibility index (Phi) is 6.32. The van der Waals surface area contributed by atoms with Crippen LogP contribution in [-0.4, -0.2) is 28.4 Å². The van der Waals surface area contributed by atoms with E-state index >= 15 is 0 Å². The van der Waals surface area contributed by atoms with Gasteiger partial charge in [0.05, 0.1) is 0 Å². The molecular formula is C22H22F2N4OS. The van der Waals surface area contributed by atoms with Gasteiger partial charge in [-0.15, -0.1) is 0 Å². The number of halogens is 2. The summed E-state index contributed by atoms with van der Waals surface area (Å²) in [4.78, 5) is 19.2. The highest BCUT2D eigenvalue weighted by Gasteiger charge is 2.26. The average Bonchev–Trinajstić information content (AvgIpc) is 3.23. The van der Waals surface area contributed by atoms with Gasteiger partial charge < -0.3 is 10.2 Å². The van der Waals surface area contributed by atoms with Gasteiger partial charge in [-0.3, -0.25) is 4.79 Å². The molecule has 0 saturated carbocycles. The van der Waals surface area contributed by atoms with Crippen LogP contribution in [0.4, 0.5) is 13.9 Å². The second-order valence-electron chi connectivity index (χ2n) is 7.40. The van der Waals surface area contributed by atoms with Crippen molar-refractivity contribution < 1.29 is 13.6 Å². The maximum absolute atomic E-state index is 13.0. The number of rotatable bonds is 6. The molecule has 0 spiro atoms. The van der Waals surface area contributed by atoms with Crippen molar-refractivity contribution in [2.24, 2.45) is 5.92 Å². The number of carbonyl (C=O) groups excluding carboxylic acids is 1. The van der Waals surface area contributed by atoms with E-state index in [1.165, 1.54) is 35.8 Å². The predicted octanol–water partition coefficient (Wildman–Crippen LogP) is 3.94. The summed E-state index contributed by atoms with van der Waals surface area (Å²) in [7, 11) is 0. The van der Waals surface area contributed by atoms with Crippen LogP contribution in [0.5, 0.6) is 0 Å². The Bertz CT molecular complexity index is 983. The zero-order valence-electron chi connectivity index (χ0n) is 16.4. The SMILES string of the molecule is O=C(NCc1ccc(F)cc1)C1CCN(c2nc(Cc3ccc(F)cc3)ns2)CC1. The number of benzene rings is 2. The van der Waals surface area contributed by atoms with E-state index < -0.39 is 0 Å². The molecule has 3 aromatic rings. The van der Waals surface area contributed by atoms with Gasteiger partial charge in [0.25, 0.3) is 0 Å². The fraction of sp³-hybridized carbons (Fsp3) is 0.318. The van der Waals surface area contributed by atoms with E-state index in [-0.39, 0.29) is 23.5 Å². The molecule has 1 aliphatic heterocycles. The van der Waals surface area contributed by atoms with Crippen molar-refractivity contribution in [3.63, 3.8) is 0 Å². The second kappa shape index (κ2) is 9.30. The van der Waals surface area contributed by atoms with Crippen molar-refractivity contribution in [1.29, 1.82) is 0 Å². The van der Waals surface area contributed by atoms with Crippen molar-refractivity contribution in [2.75, 3.05) is 18.0 Å². The number of anilines is 1. The van der Waals surface area contributed by atoms with E-state index in [0.29, 0.717) is 13.0 Å². The van der Waals surface area contributed by atoms with Gasteiger partial charge in [-0.1, -0.05) is 24.3 Å². The Balaban J connectivity index is 1.26. The zero-order valence-corrected chi connectivity index (χ0v) is 17.2. The molecule has 1 saturated heterocycles. The molecule has 8 heteroatoms. The zero-order chi connectivity index (χ0) is 20.9. The molecule has 2 heterocycles. The second-order valence-corrected chi connectivity index (χ2v) is 8.13. The number of aromatic nitrogens is 2. The van der Waals surface area contributed by atoms with Gasteiger partial charge in [0.1, 0.15) is 17.5 Å². The maximum atomic E-state index is 13.0. The van der Waals surface area contributed by atoms with E-state index in [0.717, 1.165) is 48.0 Å². The van der Waals surface area contributed by atoms with Gasteiger partial charge in [0.15, 0.2) is 0 Å². The first-order valence-electron chi connectivity index (χ1n) is 9.91. The molecular weight excluding hydrogens is 406 g/mol. The van der Waals surface area contributed by atoms with Gasteiger partial charge in [0.2, 0.25) is 11.0 Å². The third kappa shape index (κ3) is 5.18. The molecule has 1 aromatic heterocycles. The largest absolute Gasteiger partial charge is 0.352 e. The summed E-state index contributed by atoms with van der Waals surface area (Å²) >= 11 is 1.36. The maximum Gasteiger partial charge on any atom is 0.223 e. The van der Waals surface area contributed by atoms with Crippen LogP contribution in [-0.2, 0) is 17.8 Å². The van der Waals surface area contributed by atoms with E-state index in [2.05, 4.69) is 19.6 Å². The Morgan fingerprint density at radius 2 is 1.60 bits per heavy atom. The van der Waals surface area contributed by atoms with Crippen molar-refractivity contribution in [1.82, 2.24) is 14.7 Å². The molecule has 2 aromatic carbocycles. The van der Waals surface area contributed by atoms with E-state index in [9.17, 15) is 13.6 Å². The molecule has 0 aliphatic carbocycles. The molecule has 156 valence electrons. The predicted molar refractivity (Wildman–Crippen MR) is 112 cm³/mol. The number of piperidine rings is 1. The lowest BCUT2D eigenvalue weighted by atomic mass is 9.96. The minimum absolute atomic E-state index is 0.0340. The van der Waals surface area contributed by atoms with Gasteiger partial charge in [-0.05, 0) is 48.2 Å². The standard InChI is InChI=1S/C22H22F2N4OS/c23-18-5-1-15(2-6-18)13-20-26-22(30-27-20)28-11-9-17(10-12-28)21(29)25-14-16-3-7-19(24)8-4-16/h1-8,17H,9-14H2,(H,25,29). The van der Waals surface area contributed by atoms with Gasteiger partial charge in [0, 0.05) is 43.5 Å². The van der Waals surface area contributed by atoms with E-state index in [4.69, 9.17) is 0 Å². The first kappa shape index (κ1) is 20.4. The number of nitrogens with zero attached hydrogens (tertiary/aromatic N) is 3. The molecule has 1 N–H and O–H groups in total. The minimum Gasteiger partial charge on any atom is -0.352 e. The lowest BCUT2D eigenvalue weighted by molar-refractivity contribution is -0.125. The quantitative estimate of drug-likeness (QED) is 0.646. The highest BCUT2D eigenvalue weighted by Crippen LogP contribution is 2.25. The molecule has 30 heavy (non-hydrogen) atoms. The highest BCUT2D eigenvalue weighted by atomic mass is 32.1. The third-order valence-electron chi connectivity index (χ3n) is 5.25. The van der Waals surface area contributed by atoms with Crippen molar-refractivity contribution in [3.05, 3.63) is 77.1 Å². The molecule has 1 fully saturated rings. The number of carbonyl (C=O) groups is 1. The number of amides is 1. The molecule has 0 bridgehead atoms. The first-order valence-corrected chi connectivity index (χ1v) is 10.7. The summed E-state index contributed by atoms with van der Waals surface area (Å²) in [5.41, 5.74) is 1.85. The van der Waals surface area contributed by atoms with Gasteiger partial charge in [-0.2, -0.15) is 4.37 Å². The molecule has 0 atom stereocenters. The minimum atomic E-state index is -0.282. The lowest BCUT2D eigenvalue weighted by Crippen LogP contribution is -2.40. The molecule has 0 radical (unpaired) electrons. The van der Waals surface area contributed by atoms with E-state index in [1.54, 1.807) is 24.3 Å². The van der Waals surface area contributed by atoms with Crippen LogP contribution in [0.15, 0.2) is 48.5 Å². The third-order valence-corrected chi connectivity index (χ3v) is 6.06. The number of hydrogen-bond donors (Lipinski definition) is 1. The van der Waals surface area contributed by atoms with Crippen LogP contribution >= 0.6 is 11.5 Å². The van der Waals surface area contributed by atoms with E-state index in [1.807, 2.05) is 0 Å². The molecule has 1 amide bonds. The normalized spacial score (nSPS) is 14.7. The Morgan fingerprint density at radius 3 is 2.23 bits per heavy atom. The smallest absolute Gasteiger partial charge is 0.223 e. The Hall–Kier alpha value is -2.87. The molecule has 5 nitrogen and oxygen atoms in total. The van der Waals surface area contributed by atoms with Crippen molar-refractivity contribution in [2.45, 2.75) is 25.8 Å². The topological polar surface area (TPSA) is 58.1 Å². The Labute approximate surface area is 177 Å². The number of hydrogen-bond acceptors (Lipinski definition) is 5. The Morgan fingerprint density at radius 1 is 1.00 bits per heavy atom. The van der Waals surface area contributed by atoms with Gasteiger partial charge in [-0.25, -0.2) is 13.8 Å². The van der Waals surface area contributed by atoms with Crippen LogP contribution in [0.3, 0.4) is 0 Å². The molecule has 4 rings (SSSR count). The summed E-state index contributed by atoms with van der Waals surface area (Å²) in [5.74, 6) is 0.188. The van der Waals surface area contributed by atoms with Crippen LogP contribution in [0.2, 0.25) is 0 Å². The fourth-order valence-corrected chi connectivity index (χ4v) is 4.24. The summed E-state index contributed by atoms with van der Waals surface area (Å²) in [6.07, 6.45) is 2.07. The highest BCUT2D eigenvalue weighted by molar-refractivity contribution is 7.09. The van der Waals surface area contributed by atoms with Crippen molar-refractivity contribution in [3.8, 4) is 0 Å². The summed E-state index contributed by atoms with van der Waals surface area (Å²) < 4.78 is 30.4. The molecule has 0 unspecified atom stereocenters. The monoisotopic (exact) mass is 428 g/mol. The van der Waals surface area contributed by atoms with Crippen LogP contribution in [0.25, 0.3) is 0 Å². The van der Waals surface area contributed by atoms with Crippen LogP contribution in [0.1, 0.15) is 29.8 Å². The summed E-state index contributed by atoms with van der Waals surface area (Å²) in [6.45, 7) is 1.90. The molecule has 1 aliphatic rings. The van der Waals surface area contributed by atoms with Gasteiger partial charge >= 0.3 is 0 Å². The average molecular weight is 429 g/mol. The lowest BCUT2D eigenvalue weighted by Gasteiger charge is -2.30. The summed E-state index contributed by atoms with van der Waals surface area (Å²) in [5, 5.41) is 3.80. The number of nitrogens with one attached hydrogen (secondary N) is 1. The summed E-state index contributed by atoms with van der Waals surface area (Å²) in [6, 6.07) is 12.5. The fourth-order valence-electron chi connectivity index (χ4n) is 3.50. The van der Waals surface area contributed by atoms with Crippen LogP contribution < -0.4 is 10.2 Å². The van der Waals surface area contributed by atoms with Crippen LogP contribution in [0, 0.1) is 17.6 Å². The van der Waals surface area contributed by atoms with Crippen molar-refractivity contribution >= 4 is 22.6 Å². The first-order chi connectivity index (χ1) is 14.6.